The summed E-state index contributed by atoms with van der Waals surface area (Å²) in [6.07, 6.45) is 0. The van der Waals surface area contributed by atoms with Crippen molar-refractivity contribution in [2.45, 2.75) is 31.2 Å². The molecule has 0 aliphatic rings. The Balaban J connectivity index is 1.92. The fourth-order valence-electron chi connectivity index (χ4n) is 2.33. The van der Waals surface area contributed by atoms with Gasteiger partial charge in [0.25, 0.3) is 0 Å². The first-order valence-electron chi connectivity index (χ1n) is 8.22. The van der Waals surface area contributed by atoms with Gasteiger partial charge >= 0.3 is 0 Å². The first-order chi connectivity index (χ1) is 12.1. The molecule has 5 nitrogen and oxygen atoms in total. The molecule has 26 heavy (non-hydrogen) atoms. The van der Waals surface area contributed by atoms with Crippen LogP contribution in [0.1, 0.15) is 19.4 Å². The lowest BCUT2D eigenvalue weighted by atomic mass is 10.0. The zero-order chi connectivity index (χ0) is 19.4. The molecule has 0 saturated heterocycles. The molecule has 7 heteroatoms. The summed E-state index contributed by atoms with van der Waals surface area (Å²) < 4.78 is 37.3. The van der Waals surface area contributed by atoms with Gasteiger partial charge < -0.3 is 10.6 Å². The Bertz CT molecular complexity index is 861. The van der Waals surface area contributed by atoms with Crippen molar-refractivity contribution in [2.75, 3.05) is 17.6 Å². The Kier molecular flexibility index (Phi) is 6.02. The van der Waals surface area contributed by atoms with Crippen molar-refractivity contribution in [3.63, 3.8) is 0 Å². The normalized spacial score (nSPS) is 11.8. The molecule has 2 aromatic rings. The predicted molar refractivity (Wildman–Crippen MR) is 100 cm³/mol. The van der Waals surface area contributed by atoms with Gasteiger partial charge in [-0.1, -0.05) is 17.7 Å². The van der Waals surface area contributed by atoms with E-state index in [2.05, 4.69) is 10.6 Å². The number of benzene rings is 2. The van der Waals surface area contributed by atoms with Crippen molar-refractivity contribution >= 4 is 21.4 Å². The van der Waals surface area contributed by atoms with E-state index in [1.807, 2.05) is 31.2 Å². The fraction of sp³-hybridized carbons (Fsp3) is 0.316. The van der Waals surface area contributed by atoms with Crippen LogP contribution < -0.4 is 10.6 Å². The molecular formula is C19H23FN2O3S. The largest absolute Gasteiger partial charge is 0.372 e. The molecule has 0 bridgehead atoms. The smallest absolute Gasteiger partial charge is 0.245 e. The van der Waals surface area contributed by atoms with Crippen LogP contribution in [0.5, 0.6) is 0 Å². The molecule has 0 aromatic heterocycles. The van der Waals surface area contributed by atoms with Crippen LogP contribution in [0.3, 0.4) is 0 Å². The first kappa shape index (κ1) is 19.9. The zero-order valence-electron chi connectivity index (χ0n) is 15.0. The van der Waals surface area contributed by atoms with Crippen molar-refractivity contribution in [3.8, 4) is 0 Å². The molecule has 0 saturated carbocycles. The van der Waals surface area contributed by atoms with Gasteiger partial charge in [-0.15, -0.1) is 0 Å². The molecule has 0 atom stereocenters. The van der Waals surface area contributed by atoms with Gasteiger partial charge in [0.15, 0.2) is 9.84 Å². The van der Waals surface area contributed by atoms with Crippen LogP contribution in [0.15, 0.2) is 53.4 Å². The van der Waals surface area contributed by atoms with Crippen molar-refractivity contribution in [1.29, 1.82) is 0 Å². The molecule has 0 spiro atoms. The van der Waals surface area contributed by atoms with Gasteiger partial charge in [-0.2, -0.15) is 0 Å². The molecule has 0 unspecified atom stereocenters. The van der Waals surface area contributed by atoms with Crippen LogP contribution in [-0.4, -0.2) is 32.2 Å². The minimum Gasteiger partial charge on any atom is -0.372 e. The molecule has 0 aliphatic heterocycles. The number of aryl methyl sites for hydroxylation is 1. The topological polar surface area (TPSA) is 75.3 Å². The highest BCUT2D eigenvalue weighted by Crippen LogP contribution is 2.16. The summed E-state index contributed by atoms with van der Waals surface area (Å²) in [7, 11) is -3.58. The molecule has 0 fully saturated rings. The number of anilines is 1. The SMILES string of the molecule is Cc1ccc(NC(C)(C)C(=O)NCCS(=O)(=O)c2ccc(F)cc2)cc1. The maximum atomic E-state index is 12.9. The summed E-state index contributed by atoms with van der Waals surface area (Å²) in [5.74, 6) is -1.07. The Labute approximate surface area is 153 Å². The maximum absolute atomic E-state index is 12.9. The van der Waals surface area contributed by atoms with E-state index in [1.165, 1.54) is 12.1 Å². The lowest BCUT2D eigenvalue weighted by Gasteiger charge is -2.26. The van der Waals surface area contributed by atoms with Crippen LogP contribution in [0.4, 0.5) is 10.1 Å². The fourth-order valence-corrected chi connectivity index (χ4v) is 3.49. The van der Waals surface area contributed by atoms with Gasteiger partial charge in [-0.3, -0.25) is 4.79 Å². The second-order valence-corrected chi connectivity index (χ2v) is 8.75. The number of amides is 1. The van der Waals surface area contributed by atoms with Crippen molar-refractivity contribution in [1.82, 2.24) is 5.32 Å². The van der Waals surface area contributed by atoms with Crippen molar-refractivity contribution in [3.05, 3.63) is 59.9 Å². The van der Waals surface area contributed by atoms with Crippen LogP contribution in [-0.2, 0) is 14.6 Å². The second kappa shape index (κ2) is 7.86. The minimum atomic E-state index is -3.58. The monoisotopic (exact) mass is 378 g/mol. The highest BCUT2D eigenvalue weighted by atomic mass is 32.2. The van der Waals surface area contributed by atoms with E-state index in [9.17, 15) is 17.6 Å². The third kappa shape index (κ3) is 5.29. The molecule has 0 radical (unpaired) electrons. The van der Waals surface area contributed by atoms with Gasteiger partial charge in [0.1, 0.15) is 11.4 Å². The number of hydrogen-bond acceptors (Lipinski definition) is 4. The summed E-state index contributed by atoms with van der Waals surface area (Å²) >= 11 is 0. The third-order valence-corrected chi connectivity index (χ3v) is 5.64. The molecule has 2 N–H and O–H groups in total. The zero-order valence-corrected chi connectivity index (χ0v) is 15.9. The average molecular weight is 378 g/mol. The lowest BCUT2D eigenvalue weighted by molar-refractivity contribution is -0.124. The number of hydrogen-bond donors (Lipinski definition) is 2. The predicted octanol–water partition coefficient (Wildman–Crippen LogP) is 2.91. The number of carbonyl (C=O) groups excluding carboxylic acids is 1. The van der Waals surface area contributed by atoms with Gasteiger partial charge in [-0.05, 0) is 57.2 Å². The third-order valence-electron chi connectivity index (χ3n) is 3.91. The maximum Gasteiger partial charge on any atom is 0.245 e. The summed E-state index contributed by atoms with van der Waals surface area (Å²) in [6.45, 7) is 5.38. The van der Waals surface area contributed by atoms with E-state index < -0.39 is 21.2 Å². The Hall–Kier alpha value is -2.41. The highest BCUT2D eigenvalue weighted by molar-refractivity contribution is 7.91. The molecule has 2 aromatic carbocycles. The van der Waals surface area contributed by atoms with E-state index in [0.717, 1.165) is 23.4 Å². The van der Waals surface area contributed by atoms with Crippen LogP contribution in [0.2, 0.25) is 0 Å². The summed E-state index contributed by atoms with van der Waals surface area (Å²) in [4.78, 5) is 12.4. The van der Waals surface area contributed by atoms with E-state index >= 15 is 0 Å². The van der Waals surface area contributed by atoms with E-state index in [0.29, 0.717) is 0 Å². The van der Waals surface area contributed by atoms with Crippen molar-refractivity contribution < 1.29 is 17.6 Å². The molecule has 0 aliphatic carbocycles. The highest BCUT2D eigenvalue weighted by Gasteiger charge is 2.27. The van der Waals surface area contributed by atoms with Crippen LogP contribution in [0, 0.1) is 12.7 Å². The van der Waals surface area contributed by atoms with E-state index in [4.69, 9.17) is 0 Å². The standard InChI is InChI=1S/C19H23FN2O3S/c1-14-4-8-16(9-5-14)22-19(2,3)18(23)21-12-13-26(24,25)17-10-6-15(20)7-11-17/h4-11,22H,12-13H2,1-3H3,(H,21,23). The molecule has 2 rings (SSSR count). The van der Waals surface area contributed by atoms with Gasteiger partial charge in [0.2, 0.25) is 5.91 Å². The summed E-state index contributed by atoms with van der Waals surface area (Å²) in [5.41, 5.74) is 1.01. The van der Waals surface area contributed by atoms with Crippen LogP contribution >= 0.6 is 0 Å². The number of rotatable bonds is 7. The van der Waals surface area contributed by atoms with Gasteiger partial charge in [-0.25, -0.2) is 12.8 Å². The average Bonchev–Trinajstić information content (AvgIpc) is 2.57. The van der Waals surface area contributed by atoms with E-state index in [1.54, 1.807) is 13.8 Å². The van der Waals surface area contributed by atoms with Gasteiger partial charge in [0, 0.05) is 12.2 Å². The molecule has 0 heterocycles. The number of carbonyl (C=O) groups is 1. The quantitative estimate of drug-likeness (QED) is 0.727. The number of nitrogens with one attached hydrogen (secondary N) is 2. The Morgan fingerprint density at radius 3 is 2.19 bits per heavy atom. The minimum absolute atomic E-state index is 0.0302. The number of halogens is 1. The lowest BCUT2D eigenvalue weighted by Crippen LogP contribution is -2.48. The summed E-state index contributed by atoms with van der Waals surface area (Å²) in [5, 5.41) is 5.76. The first-order valence-corrected chi connectivity index (χ1v) is 9.87. The molecular weight excluding hydrogens is 355 g/mol. The number of sulfone groups is 1. The molecule has 140 valence electrons. The van der Waals surface area contributed by atoms with Gasteiger partial charge in [0.05, 0.1) is 10.6 Å². The van der Waals surface area contributed by atoms with E-state index in [-0.39, 0.29) is 23.1 Å². The summed E-state index contributed by atoms with van der Waals surface area (Å²) in [6, 6.07) is 12.3. The molecule has 1 amide bonds. The second-order valence-electron chi connectivity index (χ2n) is 6.64. The van der Waals surface area contributed by atoms with Crippen LogP contribution in [0.25, 0.3) is 0 Å². The Morgan fingerprint density at radius 2 is 1.62 bits per heavy atom. The Morgan fingerprint density at radius 1 is 1.04 bits per heavy atom. The van der Waals surface area contributed by atoms with Crippen molar-refractivity contribution in [2.24, 2.45) is 0 Å².